The van der Waals surface area contributed by atoms with E-state index in [4.69, 9.17) is 16.0 Å². The molecule has 0 aliphatic carbocycles. The smallest absolute Gasteiger partial charge is 0.198 e. The fourth-order valence-corrected chi connectivity index (χ4v) is 1.93. The summed E-state index contributed by atoms with van der Waals surface area (Å²) in [5.74, 6) is 0.414. The summed E-state index contributed by atoms with van der Waals surface area (Å²) in [6.07, 6.45) is 1.29. The van der Waals surface area contributed by atoms with E-state index in [0.29, 0.717) is 22.8 Å². The van der Waals surface area contributed by atoms with Gasteiger partial charge in [-0.1, -0.05) is 23.7 Å². The van der Waals surface area contributed by atoms with E-state index in [2.05, 4.69) is 5.32 Å². The van der Waals surface area contributed by atoms with Crippen LogP contribution in [0, 0.1) is 0 Å². The molecular formula is C13H14ClNO2. The quantitative estimate of drug-likeness (QED) is 0.655. The summed E-state index contributed by atoms with van der Waals surface area (Å²) in [4.78, 5) is 11.8. The minimum absolute atomic E-state index is 0.0208. The predicted molar refractivity (Wildman–Crippen MR) is 68.7 cm³/mol. The van der Waals surface area contributed by atoms with E-state index in [1.807, 2.05) is 19.2 Å². The number of rotatable bonds is 5. The van der Waals surface area contributed by atoms with Crippen molar-refractivity contribution in [2.24, 2.45) is 0 Å². The van der Waals surface area contributed by atoms with Crippen molar-refractivity contribution in [3.63, 3.8) is 0 Å². The van der Waals surface area contributed by atoms with E-state index in [1.54, 1.807) is 12.1 Å². The Morgan fingerprint density at radius 2 is 2.29 bits per heavy atom. The van der Waals surface area contributed by atoms with Crippen LogP contribution in [0.25, 0.3) is 11.0 Å². The highest BCUT2D eigenvalue weighted by Gasteiger charge is 2.13. The lowest BCUT2D eigenvalue weighted by atomic mass is 10.1. The number of carbonyl (C=O) groups is 1. The first-order valence-corrected chi connectivity index (χ1v) is 5.96. The van der Waals surface area contributed by atoms with Crippen molar-refractivity contribution in [1.29, 1.82) is 0 Å². The van der Waals surface area contributed by atoms with Gasteiger partial charge in [0.1, 0.15) is 0 Å². The molecule has 1 aromatic heterocycles. The van der Waals surface area contributed by atoms with Gasteiger partial charge in [-0.2, -0.15) is 0 Å². The maximum absolute atomic E-state index is 11.8. The molecule has 1 aromatic carbocycles. The molecule has 0 aliphatic rings. The fourth-order valence-electron chi connectivity index (χ4n) is 1.71. The van der Waals surface area contributed by atoms with Gasteiger partial charge in [0.15, 0.2) is 17.1 Å². The summed E-state index contributed by atoms with van der Waals surface area (Å²) in [7, 11) is 1.87. The first-order valence-electron chi connectivity index (χ1n) is 5.58. The number of ketones is 1. The van der Waals surface area contributed by atoms with Crippen LogP contribution >= 0.6 is 11.6 Å². The maximum atomic E-state index is 11.8. The molecule has 2 aromatic rings. The Bertz CT molecular complexity index is 533. The predicted octanol–water partition coefficient (Wildman–Crippen LogP) is 3.27. The summed E-state index contributed by atoms with van der Waals surface area (Å²) in [5, 5.41) is 4.41. The average molecular weight is 252 g/mol. The number of para-hydroxylation sites is 1. The van der Waals surface area contributed by atoms with E-state index in [-0.39, 0.29) is 5.78 Å². The number of carbonyl (C=O) groups excluding carboxylic acids is 1. The number of furan rings is 1. The van der Waals surface area contributed by atoms with Crippen molar-refractivity contribution in [3.05, 3.63) is 35.0 Å². The van der Waals surface area contributed by atoms with Crippen LogP contribution in [0.1, 0.15) is 23.4 Å². The molecule has 0 bridgehead atoms. The molecule has 0 atom stereocenters. The molecule has 1 heterocycles. The lowest BCUT2D eigenvalue weighted by Crippen LogP contribution is -2.09. The normalized spacial score (nSPS) is 10.9. The molecule has 0 amide bonds. The SMILES string of the molecule is CNCCCC(=O)c1cc2cccc(Cl)c2o1. The second kappa shape index (κ2) is 5.34. The molecule has 0 saturated carbocycles. The highest BCUT2D eigenvalue weighted by atomic mass is 35.5. The lowest BCUT2D eigenvalue weighted by molar-refractivity contribution is 0.0955. The van der Waals surface area contributed by atoms with Crippen LogP contribution in [0.3, 0.4) is 0 Å². The second-order valence-electron chi connectivity index (χ2n) is 3.90. The van der Waals surface area contributed by atoms with Crippen LogP contribution in [-0.4, -0.2) is 19.4 Å². The third kappa shape index (κ3) is 2.68. The van der Waals surface area contributed by atoms with Gasteiger partial charge in [0.2, 0.25) is 0 Å². The zero-order chi connectivity index (χ0) is 12.3. The average Bonchev–Trinajstić information content (AvgIpc) is 2.75. The minimum atomic E-state index is 0.0208. The van der Waals surface area contributed by atoms with Gasteiger partial charge in [0.05, 0.1) is 5.02 Å². The molecule has 17 heavy (non-hydrogen) atoms. The van der Waals surface area contributed by atoms with Crippen LogP contribution in [0.2, 0.25) is 5.02 Å². The molecule has 1 N–H and O–H groups in total. The zero-order valence-electron chi connectivity index (χ0n) is 9.63. The molecule has 0 spiro atoms. The zero-order valence-corrected chi connectivity index (χ0v) is 10.4. The van der Waals surface area contributed by atoms with Gasteiger partial charge in [-0.15, -0.1) is 0 Å². The molecule has 2 rings (SSSR count). The molecular weight excluding hydrogens is 238 g/mol. The van der Waals surface area contributed by atoms with E-state index in [0.717, 1.165) is 18.4 Å². The molecule has 0 fully saturated rings. The van der Waals surface area contributed by atoms with Crippen molar-refractivity contribution in [1.82, 2.24) is 5.32 Å². The van der Waals surface area contributed by atoms with Crippen molar-refractivity contribution >= 4 is 28.4 Å². The summed E-state index contributed by atoms with van der Waals surface area (Å²) >= 11 is 5.99. The van der Waals surface area contributed by atoms with Gasteiger partial charge in [-0.05, 0) is 32.1 Å². The van der Waals surface area contributed by atoms with Gasteiger partial charge < -0.3 is 9.73 Å². The molecule has 3 nitrogen and oxygen atoms in total. The third-order valence-corrected chi connectivity index (χ3v) is 2.90. The standard InChI is InChI=1S/C13H14ClNO2/c1-15-7-3-6-11(16)12-8-9-4-2-5-10(14)13(9)17-12/h2,4-5,8,15H,3,6-7H2,1H3. The summed E-state index contributed by atoms with van der Waals surface area (Å²) in [6.45, 7) is 0.826. The first kappa shape index (κ1) is 12.1. The second-order valence-corrected chi connectivity index (χ2v) is 4.31. The molecule has 4 heteroatoms. The molecule has 90 valence electrons. The number of benzene rings is 1. The number of Topliss-reactive ketones (excluding diaryl/α,β-unsaturated/α-hetero) is 1. The first-order chi connectivity index (χ1) is 8.22. The summed E-state index contributed by atoms with van der Waals surface area (Å²) in [5.41, 5.74) is 0.589. The van der Waals surface area contributed by atoms with Crippen molar-refractivity contribution in [2.45, 2.75) is 12.8 Å². The fraction of sp³-hybridized carbons (Fsp3) is 0.308. The topological polar surface area (TPSA) is 42.2 Å². The Kier molecular flexibility index (Phi) is 3.82. The largest absolute Gasteiger partial charge is 0.451 e. The number of nitrogens with one attached hydrogen (secondary N) is 1. The van der Waals surface area contributed by atoms with Crippen molar-refractivity contribution in [3.8, 4) is 0 Å². The number of halogens is 1. The molecule has 0 radical (unpaired) electrons. The van der Waals surface area contributed by atoms with Crippen LogP contribution in [0.5, 0.6) is 0 Å². The van der Waals surface area contributed by atoms with Crippen LogP contribution in [-0.2, 0) is 0 Å². The Labute approximate surface area is 105 Å². The Morgan fingerprint density at radius 3 is 3.00 bits per heavy atom. The minimum Gasteiger partial charge on any atom is -0.451 e. The van der Waals surface area contributed by atoms with Gasteiger partial charge in [0, 0.05) is 11.8 Å². The Hall–Kier alpha value is -1.32. The van der Waals surface area contributed by atoms with Gasteiger partial charge in [-0.25, -0.2) is 0 Å². The van der Waals surface area contributed by atoms with Crippen LogP contribution in [0.4, 0.5) is 0 Å². The van der Waals surface area contributed by atoms with Gasteiger partial charge in [-0.3, -0.25) is 4.79 Å². The number of fused-ring (bicyclic) bond motifs is 1. The van der Waals surface area contributed by atoms with Crippen LogP contribution < -0.4 is 5.32 Å². The maximum Gasteiger partial charge on any atom is 0.198 e. The van der Waals surface area contributed by atoms with Gasteiger partial charge >= 0.3 is 0 Å². The van der Waals surface area contributed by atoms with E-state index in [1.165, 1.54) is 0 Å². The third-order valence-electron chi connectivity index (χ3n) is 2.60. The summed E-state index contributed by atoms with van der Waals surface area (Å²) < 4.78 is 5.49. The van der Waals surface area contributed by atoms with E-state index in [9.17, 15) is 4.79 Å². The summed E-state index contributed by atoms with van der Waals surface area (Å²) in [6, 6.07) is 7.23. The van der Waals surface area contributed by atoms with Crippen molar-refractivity contribution < 1.29 is 9.21 Å². The number of hydrogen-bond acceptors (Lipinski definition) is 3. The highest BCUT2D eigenvalue weighted by Crippen LogP contribution is 2.27. The van der Waals surface area contributed by atoms with E-state index >= 15 is 0 Å². The molecule has 0 saturated heterocycles. The van der Waals surface area contributed by atoms with E-state index < -0.39 is 0 Å². The highest BCUT2D eigenvalue weighted by molar-refractivity contribution is 6.34. The Morgan fingerprint density at radius 1 is 1.47 bits per heavy atom. The molecule has 0 unspecified atom stereocenters. The van der Waals surface area contributed by atoms with Crippen molar-refractivity contribution in [2.75, 3.05) is 13.6 Å². The number of hydrogen-bond donors (Lipinski definition) is 1. The molecule has 0 aliphatic heterocycles. The lowest BCUT2D eigenvalue weighted by Gasteiger charge is -1.97. The Balaban J connectivity index is 2.19. The van der Waals surface area contributed by atoms with Crippen LogP contribution in [0.15, 0.2) is 28.7 Å². The monoisotopic (exact) mass is 251 g/mol. The van der Waals surface area contributed by atoms with Gasteiger partial charge in [0.25, 0.3) is 0 Å².